The second-order valence-corrected chi connectivity index (χ2v) is 4.70. The second kappa shape index (κ2) is 5.23. The van der Waals surface area contributed by atoms with Gasteiger partial charge in [0.2, 0.25) is 0 Å². The molecule has 0 aliphatic carbocycles. The van der Waals surface area contributed by atoms with E-state index in [1.807, 2.05) is 6.92 Å². The lowest BCUT2D eigenvalue weighted by molar-refractivity contribution is 0.0594. The Balaban J connectivity index is 2.88. The summed E-state index contributed by atoms with van der Waals surface area (Å²) in [6.07, 6.45) is 0. The van der Waals surface area contributed by atoms with Crippen molar-refractivity contribution in [2.24, 2.45) is 0 Å². The average molecular weight is 300 g/mol. The third-order valence-corrected chi connectivity index (χ3v) is 3.51. The number of carbonyl (C=O) groups is 1. The van der Waals surface area contributed by atoms with Gasteiger partial charge in [-0.3, -0.25) is 0 Å². The van der Waals surface area contributed by atoms with Crippen LogP contribution in [0.4, 0.5) is 0 Å². The SMILES string of the molecule is COC(=O)c1cc(OC)c2c(Cl)c(C)cc(Cl)c2n1. The number of aromatic nitrogens is 1. The maximum absolute atomic E-state index is 11.6. The van der Waals surface area contributed by atoms with Crippen LogP contribution in [0.5, 0.6) is 5.75 Å². The zero-order valence-electron chi connectivity index (χ0n) is 10.6. The van der Waals surface area contributed by atoms with Crippen LogP contribution in [0.15, 0.2) is 12.1 Å². The number of carbonyl (C=O) groups excluding carboxylic acids is 1. The molecule has 2 aromatic rings. The summed E-state index contributed by atoms with van der Waals surface area (Å²) >= 11 is 12.4. The first-order chi connectivity index (χ1) is 8.99. The van der Waals surface area contributed by atoms with E-state index in [1.165, 1.54) is 20.3 Å². The van der Waals surface area contributed by atoms with E-state index in [4.69, 9.17) is 27.9 Å². The molecule has 0 amide bonds. The van der Waals surface area contributed by atoms with Gasteiger partial charge in [0.05, 0.1) is 35.2 Å². The van der Waals surface area contributed by atoms with Crippen molar-refractivity contribution in [2.45, 2.75) is 6.92 Å². The van der Waals surface area contributed by atoms with Gasteiger partial charge >= 0.3 is 5.97 Å². The summed E-state index contributed by atoms with van der Waals surface area (Å²) in [5.74, 6) is -0.131. The van der Waals surface area contributed by atoms with Crippen molar-refractivity contribution < 1.29 is 14.3 Å². The molecular formula is C13H11Cl2NO3. The number of pyridine rings is 1. The Morgan fingerprint density at radius 3 is 2.53 bits per heavy atom. The fourth-order valence-corrected chi connectivity index (χ4v) is 2.33. The first-order valence-corrected chi connectivity index (χ1v) is 6.16. The van der Waals surface area contributed by atoms with E-state index in [1.54, 1.807) is 6.07 Å². The van der Waals surface area contributed by atoms with E-state index in [-0.39, 0.29) is 5.69 Å². The highest BCUT2D eigenvalue weighted by Crippen LogP contribution is 2.37. The largest absolute Gasteiger partial charge is 0.496 e. The van der Waals surface area contributed by atoms with Crippen LogP contribution >= 0.6 is 23.2 Å². The maximum atomic E-state index is 11.6. The maximum Gasteiger partial charge on any atom is 0.356 e. The lowest BCUT2D eigenvalue weighted by atomic mass is 10.1. The van der Waals surface area contributed by atoms with Crippen molar-refractivity contribution in [3.8, 4) is 5.75 Å². The predicted octanol–water partition coefficient (Wildman–Crippen LogP) is 3.65. The summed E-state index contributed by atoms with van der Waals surface area (Å²) in [7, 11) is 2.77. The number of benzene rings is 1. The van der Waals surface area contributed by atoms with Gasteiger partial charge in [0, 0.05) is 6.07 Å². The Morgan fingerprint density at radius 2 is 1.95 bits per heavy atom. The van der Waals surface area contributed by atoms with Crippen molar-refractivity contribution in [3.63, 3.8) is 0 Å². The Morgan fingerprint density at radius 1 is 1.26 bits per heavy atom. The van der Waals surface area contributed by atoms with Crippen LogP contribution in [0.25, 0.3) is 10.9 Å². The van der Waals surface area contributed by atoms with Crippen molar-refractivity contribution in [2.75, 3.05) is 14.2 Å². The van der Waals surface area contributed by atoms with Crippen molar-refractivity contribution in [1.82, 2.24) is 4.98 Å². The minimum Gasteiger partial charge on any atom is -0.496 e. The molecule has 19 heavy (non-hydrogen) atoms. The first kappa shape index (κ1) is 13.9. The summed E-state index contributed by atoms with van der Waals surface area (Å²) in [4.78, 5) is 15.8. The summed E-state index contributed by atoms with van der Waals surface area (Å²) in [5, 5.41) is 1.49. The number of rotatable bonds is 2. The van der Waals surface area contributed by atoms with Crippen LogP contribution in [0.3, 0.4) is 0 Å². The molecule has 0 aliphatic heterocycles. The lowest BCUT2D eigenvalue weighted by Crippen LogP contribution is -2.05. The number of methoxy groups -OCH3 is 2. The van der Waals surface area contributed by atoms with Gasteiger partial charge in [-0.1, -0.05) is 23.2 Å². The van der Waals surface area contributed by atoms with Crippen LogP contribution < -0.4 is 4.74 Å². The van der Waals surface area contributed by atoms with Crippen molar-refractivity contribution in [1.29, 1.82) is 0 Å². The molecule has 0 aliphatic rings. The normalized spacial score (nSPS) is 10.6. The third-order valence-electron chi connectivity index (χ3n) is 2.73. The Labute approximate surface area is 120 Å². The summed E-state index contributed by atoms with van der Waals surface area (Å²) < 4.78 is 9.91. The van der Waals surface area contributed by atoms with E-state index < -0.39 is 5.97 Å². The Hall–Kier alpha value is -1.52. The van der Waals surface area contributed by atoms with Gasteiger partial charge in [0.25, 0.3) is 0 Å². The van der Waals surface area contributed by atoms with Gasteiger partial charge in [-0.25, -0.2) is 9.78 Å². The van der Waals surface area contributed by atoms with Gasteiger partial charge in [0.1, 0.15) is 5.75 Å². The fraction of sp³-hybridized carbons (Fsp3) is 0.231. The molecule has 0 spiro atoms. The highest BCUT2D eigenvalue weighted by atomic mass is 35.5. The monoisotopic (exact) mass is 299 g/mol. The topological polar surface area (TPSA) is 48.4 Å². The standard InChI is InChI=1S/C13H11Cl2NO3/c1-6-4-7(14)12-10(11(6)15)9(18-2)5-8(16-12)13(17)19-3/h4-5H,1-3H3. The molecule has 0 atom stereocenters. The minimum absolute atomic E-state index is 0.119. The zero-order valence-corrected chi connectivity index (χ0v) is 12.1. The van der Waals surface area contributed by atoms with Gasteiger partial charge in [-0.15, -0.1) is 0 Å². The van der Waals surface area contributed by atoms with Crippen LogP contribution in [-0.4, -0.2) is 25.2 Å². The van der Waals surface area contributed by atoms with E-state index in [9.17, 15) is 4.79 Å². The molecule has 1 aromatic carbocycles. The lowest BCUT2D eigenvalue weighted by Gasteiger charge is -2.11. The van der Waals surface area contributed by atoms with Gasteiger partial charge < -0.3 is 9.47 Å². The van der Waals surface area contributed by atoms with Gasteiger partial charge in [-0.05, 0) is 18.6 Å². The highest BCUT2D eigenvalue weighted by Gasteiger charge is 2.18. The number of nitrogens with zero attached hydrogens (tertiary/aromatic N) is 1. The highest BCUT2D eigenvalue weighted by molar-refractivity contribution is 6.41. The van der Waals surface area contributed by atoms with E-state index in [2.05, 4.69) is 9.72 Å². The number of aryl methyl sites for hydroxylation is 1. The Bertz CT molecular complexity index is 671. The van der Waals surface area contributed by atoms with Crippen LogP contribution in [0.2, 0.25) is 10.0 Å². The first-order valence-electron chi connectivity index (χ1n) is 5.41. The minimum atomic E-state index is -0.562. The summed E-state index contributed by atoms with van der Waals surface area (Å²) in [6.45, 7) is 1.83. The molecule has 0 radical (unpaired) electrons. The average Bonchev–Trinajstić information content (AvgIpc) is 2.42. The molecule has 1 heterocycles. The number of fused-ring (bicyclic) bond motifs is 1. The number of ether oxygens (including phenoxy) is 2. The number of hydrogen-bond acceptors (Lipinski definition) is 4. The molecule has 1 aromatic heterocycles. The smallest absolute Gasteiger partial charge is 0.356 e. The molecule has 0 saturated heterocycles. The molecule has 0 unspecified atom stereocenters. The molecule has 4 nitrogen and oxygen atoms in total. The fourth-order valence-electron chi connectivity index (χ4n) is 1.80. The van der Waals surface area contributed by atoms with Crippen LogP contribution in [0, 0.1) is 6.92 Å². The molecule has 0 N–H and O–H groups in total. The van der Waals surface area contributed by atoms with Crippen LogP contribution in [0.1, 0.15) is 16.1 Å². The Kier molecular flexibility index (Phi) is 3.83. The summed E-state index contributed by atoms with van der Waals surface area (Å²) in [6, 6.07) is 3.18. The van der Waals surface area contributed by atoms with Gasteiger partial charge in [0.15, 0.2) is 5.69 Å². The number of esters is 1. The molecular weight excluding hydrogens is 289 g/mol. The molecule has 0 fully saturated rings. The second-order valence-electron chi connectivity index (χ2n) is 3.91. The molecule has 6 heteroatoms. The quantitative estimate of drug-likeness (QED) is 0.794. The van der Waals surface area contributed by atoms with E-state index >= 15 is 0 Å². The molecule has 0 saturated carbocycles. The number of halogens is 2. The van der Waals surface area contributed by atoms with Crippen LogP contribution in [-0.2, 0) is 4.74 Å². The van der Waals surface area contributed by atoms with Gasteiger partial charge in [-0.2, -0.15) is 0 Å². The van der Waals surface area contributed by atoms with E-state index in [0.29, 0.717) is 26.7 Å². The summed E-state index contributed by atoms with van der Waals surface area (Å²) in [5.41, 5.74) is 1.34. The molecule has 100 valence electrons. The number of hydrogen-bond donors (Lipinski definition) is 0. The molecule has 0 bridgehead atoms. The predicted molar refractivity (Wildman–Crippen MR) is 74.4 cm³/mol. The van der Waals surface area contributed by atoms with Crippen molar-refractivity contribution >= 4 is 40.1 Å². The molecule has 2 rings (SSSR count). The zero-order chi connectivity index (χ0) is 14.2. The van der Waals surface area contributed by atoms with E-state index in [0.717, 1.165) is 5.56 Å². The third kappa shape index (κ3) is 2.33. The van der Waals surface area contributed by atoms with Crippen molar-refractivity contribution in [3.05, 3.63) is 33.4 Å².